The maximum atomic E-state index is 15.1. The van der Waals surface area contributed by atoms with E-state index in [9.17, 15) is 74.4 Å². The highest BCUT2D eigenvalue weighted by Gasteiger charge is 2.50. The Morgan fingerprint density at radius 3 is 2.08 bits per heavy atom. The highest BCUT2D eigenvalue weighted by atomic mass is 32.2. The second-order valence-corrected chi connectivity index (χ2v) is 21.5. The fourth-order valence-electron chi connectivity index (χ4n) is 9.19. The van der Waals surface area contributed by atoms with Crippen molar-refractivity contribution in [3.63, 3.8) is 0 Å². The van der Waals surface area contributed by atoms with Crippen molar-refractivity contribution in [2.24, 2.45) is 5.92 Å². The molecule has 3 saturated heterocycles. The van der Waals surface area contributed by atoms with Crippen LogP contribution in [0.15, 0.2) is 43.5 Å². The highest BCUT2D eigenvalue weighted by molar-refractivity contribution is 7.90. The number of rotatable bonds is 21. The van der Waals surface area contributed by atoms with Crippen molar-refractivity contribution < 1.29 is 122 Å². The van der Waals surface area contributed by atoms with E-state index in [1.165, 1.54) is 45.9 Å². The lowest BCUT2D eigenvalue weighted by molar-refractivity contribution is -0.433. The first-order chi connectivity index (χ1) is 40.1. The Labute approximate surface area is 491 Å². The summed E-state index contributed by atoms with van der Waals surface area (Å²) in [6.45, 7) is 9.16. The molecule has 34 heteroatoms. The SMILES string of the molecule is C=CCOC(=O)Oc1ccc(C[C@@H](O)[C@@H]2NC(=O)[C@@H]3C[C@@H](O)CN3C(=O)[C@H]([C@@H](C)O)NC(=O)[C@@H](NC(=O)OC(C)(C)C)C[C@@H](O)CNC(=O)[C@@H]3[C@@H](O)[C@@H](C)CN3C(=O)[C@H]([C@H](O)CCN(C(=O)OCC=C)C(CO)CO)NC2=O)cc1OSOOO. The smallest absolute Gasteiger partial charge is 0.445 e. The van der Waals surface area contributed by atoms with Crippen LogP contribution in [0.4, 0.5) is 14.4 Å². The van der Waals surface area contributed by atoms with Gasteiger partial charge in [0.1, 0.15) is 55.1 Å². The Balaban J connectivity index is 1.93. The monoisotopic (exact) mass is 1230 g/mol. The number of aliphatic hydroxyl groups is 8. The van der Waals surface area contributed by atoms with Gasteiger partial charge in [-0.1, -0.05) is 47.7 Å². The molecule has 476 valence electrons. The second-order valence-electron chi connectivity index (χ2n) is 21.1. The number of nitrogens with one attached hydrogen (secondary N) is 5. The summed E-state index contributed by atoms with van der Waals surface area (Å²) in [6, 6.07) is -9.87. The van der Waals surface area contributed by atoms with Crippen LogP contribution in [0.3, 0.4) is 0 Å². The highest BCUT2D eigenvalue weighted by Crippen LogP contribution is 2.33. The first-order valence-corrected chi connectivity index (χ1v) is 27.3. The molecule has 0 bridgehead atoms. The molecule has 3 aliphatic rings. The fourth-order valence-corrected chi connectivity index (χ4v) is 9.45. The third-order valence-electron chi connectivity index (χ3n) is 13.4. The van der Waals surface area contributed by atoms with Gasteiger partial charge in [-0.25, -0.2) is 19.6 Å². The van der Waals surface area contributed by atoms with E-state index in [0.29, 0.717) is 0 Å². The van der Waals surface area contributed by atoms with Crippen LogP contribution >= 0.6 is 12.3 Å². The number of aliphatic hydroxyl groups excluding tert-OH is 8. The van der Waals surface area contributed by atoms with Gasteiger partial charge in [0.05, 0.1) is 55.9 Å². The molecule has 1 aromatic carbocycles. The normalized spacial score (nSPS) is 25.7. The van der Waals surface area contributed by atoms with Crippen molar-refractivity contribution in [1.82, 2.24) is 41.3 Å². The zero-order valence-electron chi connectivity index (χ0n) is 47.2. The van der Waals surface area contributed by atoms with E-state index in [1.807, 2.05) is 0 Å². The molecule has 85 heavy (non-hydrogen) atoms. The van der Waals surface area contributed by atoms with E-state index in [1.54, 1.807) is 0 Å². The summed E-state index contributed by atoms with van der Waals surface area (Å²) in [4.78, 5) is 129. The molecular formula is C51H76N8O25S. The van der Waals surface area contributed by atoms with E-state index >= 15 is 9.59 Å². The molecule has 8 amide bonds. The lowest BCUT2D eigenvalue weighted by atomic mass is 9.98. The molecule has 0 radical (unpaired) electrons. The molecule has 3 heterocycles. The quantitative estimate of drug-likeness (QED) is 0.00819. The first-order valence-electron chi connectivity index (χ1n) is 26.6. The molecule has 33 nitrogen and oxygen atoms in total. The van der Waals surface area contributed by atoms with Crippen molar-refractivity contribution in [1.29, 1.82) is 0 Å². The summed E-state index contributed by atoms with van der Waals surface area (Å²) >= 11 is 0.0000799. The Kier molecular flexibility index (Phi) is 27.4. The Morgan fingerprint density at radius 2 is 1.46 bits per heavy atom. The van der Waals surface area contributed by atoms with Crippen LogP contribution in [0, 0.1) is 5.92 Å². The average molecular weight is 1230 g/mol. The van der Waals surface area contributed by atoms with Gasteiger partial charge < -0.3 is 105 Å². The van der Waals surface area contributed by atoms with Crippen molar-refractivity contribution in [2.45, 2.75) is 145 Å². The number of nitrogens with zero attached hydrogens (tertiary/aromatic N) is 3. The molecule has 3 aliphatic heterocycles. The fraction of sp³-hybridized carbons (Fsp3) is 0.627. The number of carbonyl (C=O) groups excluding carboxylic acids is 9. The van der Waals surface area contributed by atoms with Crippen LogP contribution < -0.4 is 35.5 Å². The topological polar surface area (TPSA) is 470 Å². The van der Waals surface area contributed by atoms with Crippen LogP contribution in [-0.2, 0) is 58.8 Å². The summed E-state index contributed by atoms with van der Waals surface area (Å²) in [5.41, 5.74) is -1.13. The minimum Gasteiger partial charge on any atom is -0.445 e. The van der Waals surface area contributed by atoms with E-state index in [0.717, 1.165) is 33.8 Å². The molecule has 0 aliphatic carbocycles. The predicted octanol–water partition coefficient (Wildman–Crippen LogP) is -3.84. The lowest BCUT2D eigenvalue weighted by Crippen LogP contribution is -2.64. The van der Waals surface area contributed by atoms with Crippen molar-refractivity contribution in [3.05, 3.63) is 49.1 Å². The molecule has 14 N–H and O–H groups in total. The molecule has 1 aromatic rings. The van der Waals surface area contributed by atoms with Crippen molar-refractivity contribution >= 4 is 66.1 Å². The number of ether oxygens (including phenoxy) is 4. The molecular weight excluding hydrogens is 1160 g/mol. The number of fused-ring (bicyclic) bond motifs is 2. The second kappa shape index (κ2) is 33.1. The van der Waals surface area contributed by atoms with E-state index < -0.39 is 209 Å². The third-order valence-corrected chi connectivity index (χ3v) is 13.7. The molecule has 0 spiro atoms. The van der Waals surface area contributed by atoms with Gasteiger partial charge in [-0.2, -0.15) is 0 Å². The summed E-state index contributed by atoms with van der Waals surface area (Å²) < 4.78 is 30.0. The molecule has 3 fully saturated rings. The number of hydrogen-bond acceptors (Lipinski definition) is 26. The average Bonchev–Trinajstić information content (AvgIpc) is 4.18. The van der Waals surface area contributed by atoms with Crippen molar-refractivity contribution in [3.8, 4) is 11.5 Å². The number of carbonyl (C=O) groups is 9. The molecule has 4 rings (SSSR count). The minimum atomic E-state index is -2.29. The summed E-state index contributed by atoms with van der Waals surface area (Å²) in [5.74, 6) is -9.27. The van der Waals surface area contributed by atoms with Gasteiger partial charge in [-0.15, -0.1) is 0 Å². The van der Waals surface area contributed by atoms with Crippen LogP contribution in [0.5, 0.6) is 11.5 Å². The maximum absolute atomic E-state index is 15.1. The predicted molar refractivity (Wildman–Crippen MR) is 289 cm³/mol. The Morgan fingerprint density at radius 1 is 0.824 bits per heavy atom. The lowest BCUT2D eigenvalue weighted by Gasteiger charge is -2.35. The summed E-state index contributed by atoms with van der Waals surface area (Å²) in [6.07, 6.45) is -14.9. The molecule has 0 aromatic heterocycles. The third kappa shape index (κ3) is 20.3. The molecule has 13 atom stereocenters. The molecule has 0 saturated carbocycles. The number of benzene rings is 1. The zero-order valence-corrected chi connectivity index (χ0v) is 48.0. The van der Waals surface area contributed by atoms with Gasteiger partial charge in [0.15, 0.2) is 11.5 Å². The number of hydrogen-bond donors (Lipinski definition) is 14. The Hall–Kier alpha value is -6.96. The van der Waals surface area contributed by atoms with Crippen LogP contribution in [0.1, 0.15) is 59.4 Å². The first kappa shape index (κ1) is 70.5. The van der Waals surface area contributed by atoms with E-state index in [4.69, 9.17) is 28.4 Å². The van der Waals surface area contributed by atoms with Crippen molar-refractivity contribution in [2.75, 3.05) is 52.6 Å². The minimum absolute atomic E-state index is 0.0000799. The van der Waals surface area contributed by atoms with Crippen LogP contribution in [-0.4, -0.2) is 252 Å². The maximum Gasteiger partial charge on any atom is 0.514 e. The molecule has 0 unspecified atom stereocenters. The van der Waals surface area contributed by atoms with Gasteiger partial charge in [0.2, 0.25) is 35.4 Å². The van der Waals surface area contributed by atoms with Gasteiger partial charge in [0, 0.05) is 51.4 Å². The van der Waals surface area contributed by atoms with E-state index in [-0.39, 0.29) is 42.6 Å². The largest absolute Gasteiger partial charge is 0.514 e. The number of β-amino-alcohol motifs (C(OH)–C–C–N with tert-alkyl or cyclic N) is 1. The van der Waals surface area contributed by atoms with E-state index in [2.05, 4.69) is 49.1 Å². The van der Waals surface area contributed by atoms with Gasteiger partial charge in [-0.3, -0.25) is 28.8 Å². The Bertz CT molecular complexity index is 2500. The number of alkyl carbamates (subject to hydrolysis) is 1. The zero-order chi connectivity index (χ0) is 63.5. The van der Waals surface area contributed by atoms with Gasteiger partial charge in [-0.05, 0) is 51.8 Å². The summed E-state index contributed by atoms with van der Waals surface area (Å²) in [7, 11) is 0. The van der Waals surface area contributed by atoms with Gasteiger partial charge >= 0.3 is 18.3 Å². The summed E-state index contributed by atoms with van der Waals surface area (Å²) in [5, 5.41) is 113. The number of amides is 8. The van der Waals surface area contributed by atoms with Gasteiger partial charge in [0.25, 0.3) is 12.3 Å². The van der Waals surface area contributed by atoms with Crippen LogP contribution in [0.25, 0.3) is 0 Å². The standard InChI is InChI=1S/C51H76N8O25S/c1-8-14-78-49(75)57(28(23-60)24-61)13-12-33(65)39-47(73)59-21-25(3)41(67)40(59)45(71)52-20-29(63)18-31(53-48(74)81-51(5,6)7)42(68)54-37(26(4)62)46(72)58-22-30(64)19-32(58)43(69)55-38(44(70)56-39)34(66)16-27-10-11-35(80-50(76)79-15-9-2)36(17-27)82-85-84-83-77/h8-11,17,25-26,28-34,37-41,60-67,77H,1-2,12-16,18-24H2,3-7H3,(H,52,71)(H,53,74)(H,54,68)(H,55,69)(H,56,70)/t25-,26+,29+,30+,31-,32-,33+,34+,37-,38-,39-,40-,41-/m0/s1. The van der Waals surface area contributed by atoms with Crippen LogP contribution in [0.2, 0.25) is 0 Å².